The van der Waals surface area contributed by atoms with Crippen LogP contribution in [-0.4, -0.2) is 35.0 Å². The van der Waals surface area contributed by atoms with Crippen molar-refractivity contribution in [3.8, 4) is 0 Å². The first-order chi connectivity index (χ1) is 5.92. The molecule has 0 saturated heterocycles. The fraction of sp³-hybridized carbons (Fsp3) is 0.889. The molecular formula is C9H16O4. The largest absolute Gasteiger partial charge is 0.466 e. The minimum absolute atomic E-state index is 0.300. The highest BCUT2D eigenvalue weighted by molar-refractivity contribution is 5.76. The Bertz CT molecular complexity index is 212. The van der Waals surface area contributed by atoms with E-state index in [9.17, 15) is 15.0 Å². The molecule has 0 aliphatic heterocycles. The Morgan fingerprint density at radius 1 is 1.46 bits per heavy atom. The van der Waals surface area contributed by atoms with Gasteiger partial charge in [0.25, 0.3) is 0 Å². The summed E-state index contributed by atoms with van der Waals surface area (Å²) < 4.78 is 4.79. The van der Waals surface area contributed by atoms with Crippen LogP contribution in [-0.2, 0) is 9.53 Å². The quantitative estimate of drug-likeness (QED) is 0.595. The van der Waals surface area contributed by atoms with Gasteiger partial charge in [0.2, 0.25) is 0 Å². The number of rotatable bonds is 2. The van der Waals surface area contributed by atoms with Crippen molar-refractivity contribution in [3.63, 3.8) is 0 Å². The number of hydrogen-bond acceptors (Lipinski definition) is 4. The van der Waals surface area contributed by atoms with E-state index in [-0.39, 0.29) is 0 Å². The van der Waals surface area contributed by atoms with Crippen LogP contribution < -0.4 is 0 Å². The van der Waals surface area contributed by atoms with Gasteiger partial charge in [0.15, 0.2) is 0 Å². The molecule has 4 nitrogen and oxygen atoms in total. The van der Waals surface area contributed by atoms with Gasteiger partial charge in [0.05, 0.1) is 24.7 Å². The van der Waals surface area contributed by atoms with Crippen molar-refractivity contribution >= 4 is 5.97 Å². The van der Waals surface area contributed by atoms with Crippen molar-refractivity contribution in [2.24, 2.45) is 11.3 Å². The first-order valence-corrected chi connectivity index (χ1v) is 4.45. The lowest BCUT2D eigenvalue weighted by atomic mass is 9.58. The van der Waals surface area contributed by atoms with Gasteiger partial charge < -0.3 is 14.9 Å². The summed E-state index contributed by atoms with van der Waals surface area (Å²) in [4.78, 5) is 11.3. The standard InChI is InChI=1S/C9H16O4/c1-4-13-8(12)5-6(10)7(11)9(5,2)3/h5-7,10-11H,4H2,1-3H3/t5?,6-,7-/m1/s1. The molecule has 1 fully saturated rings. The van der Waals surface area contributed by atoms with E-state index in [4.69, 9.17) is 4.74 Å². The van der Waals surface area contributed by atoms with E-state index < -0.39 is 29.5 Å². The maximum Gasteiger partial charge on any atom is 0.312 e. The van der Waals surface area contributed by atoms with Crippen LogP contribution in [0.4, 0.5) is 0 Å². The molecule has 3 atom stereocenters. The molecule has 1 aliphatic rings. The van der Waals surface area contributed by atoms with Crippen molar-refractivity contribution in [3.05, 3.63) is 0 Å². The maximum atomic E-state index is 11.3. The van der Waals surface area contributed by atoms with Crippen LogP contribution in [0, 0.1) is 11.3 Å². The van der Waals surface area contributed by atoms with Gasteiger partial charge in [-0.3, -0.25) is 4.79 Å². The molecule has 1 rings (SSSR count). The molecule has 1 aliphatic carbocycles. The number of esters is 1. The molecule has 0 aromatic carbocycles. The normalized spacial score (nSPS) is 36.5. The van der Waals surface area contributed by atoms with Crippen LogP contribution in [0.1, 0.15) is 20.8 Å². The lowest BCUT2D eigenvalue weighted by Crippen LogP contribution is -2.64. The van der Waals surface area contributed by atoms with E-state index in [1.54, 1.807) is 20.8 Å². The first kappa shape index (κ1) is 10.5. The van der Waals surface area contributed by atoms with Crippen molar-refractivity contribution in [1.82, 2.24) is 0 Å². The Labute approximate surface area is 77.5 Å². The molecule has 0 bridgehead atoms. The van der Waals surface area contributed by atoms with Gasteiger partial charge in [0, 0.05) is 5.41 Å². The summed E-state index contributed by atoms with van der Waals surface area (Å²) in [5.74, 6) is -1.02. The Kier molecular flexibility index (Phi) is 2.63. The summed E-state index contributed by atoms with van der Waals surface area (Å²) in [6.07, 6.45) is -1.81. The summed E-state index contributed by atoms with van der Waals surface area (Å²) in [5, 5.41) is 18.7. The van der Waals surface area contributed by atoms with Crippen LogP contribution in [0.15, 0.2) is 0 Å². The second-order valence-corrected chi connectivity index (χ2v) is 3.99. The third-order valence-corrected chi connectivity index (χ3v) is 2.77. The minimum Gasteiger partial charge on any atom is -0.466 e. The highest BCUT2D eigenvalue weighted by Crippen LogP contribution is 2.46. The third kappa shape index (κ3) is 1.44. The lowest BCUT2D eigenvalue weighted by Gasteiger charge is -2.51. The molecule has 76 valence electrons. The highest BCUT2D eigenvalue weighted by Gasteiger charge is 2.59. The van der Waals surface area contributed by atoms with Gasteiger partial charge in [-0.15, -0.1) is 0 Å². The molecule has 0 heterocycles. The van der Waals surface area contributed by atoms with E-state index in [0.29, 0.717) is 6.61 Å². The Hall–Kier alpha value is -0.610. The molecule has 0 aromatic heterocycles. The zero-order valence-corrected chi connectivity index (χ0v) is 8.15. The zero-order chi connectivity index (χ0) is 10.2. The molecule has 0 amide bonds. The van der Waals surface area contributed by atoms with Crippen molar-refractivity contribution in [1.29, 1.82) is 0 Å². The predicted octanol–water partition coefficient (Wildman–Crippen LogP) is -0.0727. The van der Waals surface area contributed by atoms with Gasteiger partial charge in [-0.1, -0.05) is 13.8 Å². The van der Waals surface area contributed by atoms with Gasteiger partial charge in [-0.05, 0) is 6.92 Å². The van der Waals surface area contributed by atoms with E-state index >= 15 is 0 Å². The number of aliphatic hydroxyl groups excluding tert-OH is 2. The summed E-state index contributed by atoms with van der Waals surface area (Å²) in [6.45, 7) is 5.50. The fourth-order valence-corrected chi connectivity index (χ4v) is 1.80. The molecule has 1 unspecified atom stereocenters. The lowest BCUT2D eigenvalue weighted by molar-refractivity contribution is -0.217. The number of carbonyl (C=O) groups excluding carboxylic acids is 1. The van der Waals surface area contributed by atoms with Gasteiger partial charge >= 0.3 is 5.97 Å². The number of ether oxygens (including phenoxy) is 1. The average molecular weight is 188 g/mol. The van der Waals surface area contributed by atoms with Crippen molar-refractivity contribution in [2.75, 3.05) is 6.61 Å². The average Bonchev–Trinajstić information content (AvgIpc) is 2.03. The summed E-state index contributed by atoms with van der Waals surface area (Å²) in [7, 11) is 0. The fourth-order valence-electron chi connectivity index (χ4n) is 1.80. The molecular weight excluding hydrogens is 172 g/mol. The molecule has 4 heteroatoms. The molecule has 0 aromatic rings. The Morgan fingerprint density at radius 3 is 2.38 bits per heavy atom. The van der Waals surface area contributed by atoms with E-state index in [2.05, 4.69) is 0 Å². The van der Waals surface area contributed by atoms with Gasteiger partial charge in [0.1, 0.15) is 0 Å². The van der Waals surface area contributed by atoms with Crippen LogP contribution >= 0.6 is 0 Å². The number of aliphatic hydroxyl groups is 2. The SMILES string of the molecule is CCOC(=O)C1[C@@H](O)[C@@H](O)C1(C)C. The summed E-state index contributed by atoms with van der Waals surface area (Å²) >= 11 is 0. The molecule has 13 heavy (non-hydrogen) atoms. The van der Waals surface area contributed by atoms with Gasteiger partial charge in [-0.25, -0.2) is 0 Å². The van der Waals surface area contributed by atoms with Crippen molar-refractivity contribution in [2.45, 2.75) is 33.0 Å². The van der Waals surface area contributed by atoms with Crippen LogP contribution in [0.3, 0.4) is 0 Å². The summed E-state index contributed by atoms with van der Waals surface area (Å²) in [6, 6.07) is 0. The van der Waals surface area contributed by atoms with Gasteiger partial charge in [-0.2, -0.15) is 0 Å². The molecule has 1 saturated carbocycles. The second-order valence-electron chi connectivity index (χ2n) is 3.99. The Balaban J connectivity index is 2.66. The van der Waals surface area contributed by atoms with Crippen LogP contribution in [0.25, 0.3) is 0 Å². The third-order valence-electron chi connectivity index (χ3n) is 2.77. The second kappa shape index (κ2) is 3.27. The monoisotopic (exact) mass is 188 g/mol. The van der Waals surface area contributed by atoms with E-state index in [0.717, 1.165) is 0 Å². The maximum absolute atomic E-state index is 11.3. The molecule has 2 N–H and O–H groups in total. The van der Waals surface area contributed by atoms with Crippen LogP contribution in [0.2, 0.25) is 0 Å². The topological polar surface area (TPSA) is 66.8 Å². The zero-order valence-electron chi connectivity index (χ0n) is 8.15. The highest BCUT2D eigenvalue weighted by atomic mass is 16.5. The van der Waals surface area contributed by atoms with E-state index in [1.807, 2.05) is 0 Å². The summed E-state index contributed by atoms with van der Waals surface area (Å²) in [5.41, 5.74) is -0.578. The van der Waals surface area contributed by atoms with E-state index in [1.165, 1.54) is 0 Å². The molecule has 0 radical (unpaired) electrons. The molecule has 0 spiro atoms. The smallest absolute Gasteiger partial charge is 0.312 e. The Morgan fingerprint density at radius 2 is 2.00 bits per heavy atom. The minimum atomic E-state index is -0.978. The number of hydrogen-bond donors (Lipinski definition) is 2. The van der Waals surface area contributed by atoms with Crippen LogP contribution in [0.5, 0.6) is 0 Å². The number of carbonyl (C=O) groups is 1. The van der Waals surface area contributed by atoms with Crippen molar-refractivity contribution < 1.29 is 19.7 Å². The first-order valence-electron chi connectivity index (χ1n) is 4.45. The predicted molar refractivity (Wildman–Crippen MR) is 45.9 cm³/mol.